The fraction of sp³-hybridized carbons (Fsp3) is 0.714. The minimum Gasteiger partial charge on any atom is -0.316 e. The van der Waals surface area contributed by atoms with Crippen LogP contribution >= 0.6 is 0 Å². The van der Waals surface area contributed by atoms with Crippen molar-refractivity contribution in [3.63, 3.8) is 0 Å². The predicted octanol–water partition coefficient (Wildman–Crippen LogP) is 1.70. The zero-order valence-corrected chi connectivity index (χ0v) is 12.4. The summed E-state index contributed by atoms with van der Waals surface area (Å²) in [6.07, 6.45) is 0.934. The first kappa shape index (κ1) is 15.1. The number of nitrogens with zero attached hydrogens (tertiary/aromatic N) is 3. The highest BCUT2D eigenvalue weighted by Gasteiger charge is 2.08. The molecule has 0 atom stereocenters. The van der Waals surface area contributed by atoms with Crippen molar-refractivity contribution in [2.45, 2.75) is 40.7 Å². The highest BCUT2D eigenvalue weighted by molar-refractivity contribution is 5.24. The molecule has 0 aromatic carbocycles. The van der Waals surface area contributed by atoms with E-state index in [9.17, 15) is 0 Å². The van der Waals surface area contributed by atoms with Crippen LogP contribution in [0.2, 0.25) is 0 Å². The van der Waals surface area contributed by atoms with E-state index in [1.54, 1.807) is 0 Å². The van der Waals surface area contributed by atoms with Crippen molar-refractivity contribution >= 4 is 0 Å². The monoisotopic (exact) mass is 250 g/mol. The smallest absolute Gasteiger partial charge is 0.130 e. The molecule has 1 heterocycles. The maximum absolute atomic E-state index is 4.62. The van der Waals surface area contributed by atoms with Gasteiger partial charge in [-0.05, 0) is 34.0 Å². The van der Waals surface area contributed by atoms with Gasteiger partial charge in [-0.15, -0.1) is 0 Å². The Kier molecular flexibility index (Phi) is 6.22. The number of nitrogens with one attached hydrogen (secondary N) is 1. The molecule has 4 heteroatoms. The molecule has 0 saturated carbocycles. The molecule has 1 rings (SSSR count). The van der Waals surface area contributed by atoms with Crippen molar-refractivity contribution in [1.82, 2.24) is 20.2 Å². The SMILES string of the molecule is CCN(CC)CCc1nc(C)c(CNC)c(C)n1. The summed E-state index contributed by atoms with van der Waals surface area (Å²) in [7, 11) is 1.95. The highest BCUT2D eigenvalue weighted by atomic mass is 15.1. The van der Waals surface area contributed by atoms with E-state index in [0.29, 0.717) is 0 Å². The average molecular weight is 250 g/mol. The first-order valence-electron chi connectivity index (χ1n) is 6.82. The third-order valence-corrected chi connectivity index (χ3v) is 3.37. The van der Waals surface area contributed by atoms with Crippen molar-refractivity contribution < 1.29 is 0 Å². The van der Waals surface area contributed by atoms with Gasteiger partial charge in [0, 0.05) is 36.5 Å². The van der Waals surface area contributed by atoms with Crippen LogP contribution in [0.25, 0.3) is 0 Å². The fourth-order valence-corrected chi connectivity index (χ4v) is 2.15. The summed E-state index contributed by atoms with van der Waals surface area (Å²) in [5.41, 5.74) is 3.43. The molecule has 102 valence electrons. The topological polar surface area (TPSA) is 41.1 Å². The van der Waals surface area contributed by atoms with E-state index >= 15 is 0 Å². The van der Waals surface area contributed by atoms with E-state index in [1.807, 2.05) is 7.05 Å². The third kappa shape index (κ3) is 4.03. The number of likely N-dealkylation sites (N-methyl/N-ethyl adjacent to an activating group) is 1. The summed E-state index contributed by atoms with van der Waals surface area (Å²) in [4.78, 5) is 11.6. The van der Waals surface area contributed by atoms with E-state index in [-0.39, 0.29) is 0 Å². The average Bonchev–Trinajstić information content (AvgIpc) is 2.35. The van der Waals surface area contributed by atoms with Crippen molar-refractivity contribution in [2.75, 3.05) is 26.7 Å². The summed E-state index contributed by atoms with van der Waals surface area (Å²) in [6.45, 7) is 12.6. The molecule has 1 N–H and O–H groups in total. The molecule has 0 radical (unpaired) electrons. The van der Waals surface area contributed by atoms with Crippen LogP contribution in [0.1, 0.15) is 36.6 Å². The van der Waals surface area contributed by atoms with Crippen LogP contribution in [0.4, 0.5) is 0 Å². The van der Waals surface area contributed by atoms with Crippen LogP contribution in [0.3, 0.4) is 0 Å². The maximum atomic E-state index is 4.62. The van der Waals surface area contributed by atoms with E-state index in [4.69, 9.17) is 0 Å². The van der Waals surface area contributed by atoms with Gasteiger partial charge in [0.15, 0.2) is 0 Å². The molecular weight excluding hydrogens is 224 g/mol. The third-order valence-electron chi connectivity index (χ3n) is 3.37. The van der Waals surface area contributed by atoms with Gasteiger partial charge >= 0.3 is 0 Å². The van der Waals surface area contributed by atoms with Crippen LogP contribution in [0, 0.1) is 13.8 Å². The molecule has 0 saturated heterocycles. The summed E-state index contributed by atoms with van der Waals surface area (Å²) in [5.74, 6) is 0.969. The quantitative estimate of drug-likeness (QED) is 0.799. The normalized spacial score (nSPS) is 11.2. The van der Waals surface area contributed by atoms with Gasteiger partial charge in [-0.1, -0.05) is 13.8 Å². The summed E-state index contributed by atoms with van der Waals surface area (Å²) < 4.78 is 0. The minimum atomic E-state index is 0.841. The Balaban J connectivity index is 2.73. The first-order chi connectivity index (χ1) is 8.62. The van der Waals surface area contributed by atoms with Crippen molar-refractivity contribution in [3.05, 3.63) is 22.8 Å². The van der Waals surface area contributed by atoms with Crippen molar-refractivity contribution in [3.8, 4) is 0 Å². The number of hydrogen-bond acceptors (Lipinski definition) is 4. The molecule has 0 bridgehead atoms. The fourth-order valence-electron chi connectivity index (χ4n) is 2.15. The Bertz CT molecular complexity index is 349. The van der Waals surface area contributed by atoms with Crippen molar-refractivity contribution in [2.24, 2.45) is 0 Å². The van der Waals surface area contributed by atoms with Crippen LogP contribution < -0.4 is 5.32 Å². The molecule has 0 spiro atoms. The van der Waals surface area contributed by atoms with Gasteiger partial charge in [0.1, 0.15) is 5.82 Å². The Morgan fingerprint density at radius 1 is 1.06 bits per heavy atom. The Hall–Kier alpha value is -1.00. The lowest BCUT2D eigenvalue weighted by Crippen LogP contribution is -2.26. The van der Waals surface area contributed by atoms with Crippen LogP contribution in [0.5, 0.6) is 0 Å². The largest absolute Gasteiger partial charge is 0.316 e. The Morgan fingerprint density at radius 2 is 1.61 bits per heavy atom. The molecule has 0 aliphatic rings. The van der Waals surface area contributed by atoms with Gasteiger partial charge in [0.05, 0.1) is 0 Å². The molecule has 1 aromatic rings. The van der Waals surface area contributed by atoms with Gasteiger partial charge in [-0.25, -0.2) is 9.97 Å². The van der Waals surface area contributed by atoms with E-state index in [2.05, 4.69) is 47.9 Å². The van der Waals surface area contributed by atoms with Gasteiger partial charge in [-0.2, -0.15) is 0 Å². The number of aromatic nitrogens is 2. The highest BCUT2D eigenvalue weighted by Crippen LogP contribution is 2.10. The predicted molar refractivity (Wildman–Crippen MR) is 75.8 cm³/mol. The second kappa shape index (κ2) is 7.44. The molecule has 4 nitrogen and oxygen atoms in total. The summed E-state index contributed by atoms with van der Waals surface area (Å²) in [5, 5.41) is 3.17. The van der Waals surface area contributed by atoms with Crippen LogP contribution in [0.15, 0.2) is 0 Å². The lowest BCUT2D eigenvalue weighted by molar-refractivity contribution is 0.305. The molecule has 18 heavy (non-hydrogen) atoms. The Labute approximate surface area is 111 Å². The zero-order chi connectivity index (χ0) is 13.5. The first-order valence-corrected chi connectivity index (χ1v) is 6.82. The molecule has 0 unspecified atom stereocenters. The lowest BCUT2D eigenvalue weighted by atomic mass is 10.1. The Morgan fingerprint density at radius 3 is 2.06 bits per heavy atom. The van der Waals surface area contributed by atoms with E-state index in [0.717, 1.165) is 49.8 Å². The van der Waals surface area contributed by atoms with Gasteiger partial charge < -0.3 is 10.2 Å². The molecule has 0 fully saturated rings. The number of rotatable bonds is 7. The summed E-state index contributed by atoms with van der Waals surface area (Å²) in [6, 6.07) is 0. The zero-order valence-electron chi connectivity index (χ0n) is 12.4. The van der Waals surface area contributed by atoms with E-state index < -0.39 is 0 Å². The van der Waals surface area contributed by atoms with Crippen LogP contribution in [-0.4, -0.2) is 41.5 Å². The second-order valence-corrected chi connectivity index (χ2v) is 4.60. The number of hydrogen-bond donors (Lipinski definition) is 1. The number of aryl methyl sites for hydroxylation is 2. The van der Waals surface area contributed by atoms with E-state index in [1.165, 1.54) is 5.56 Å². The lowest BCUT2D eigenvalue weighted by Gasteiger charge is -2.17. The minimum absolute atomic E-state index is 0.841. The van der Waals surface area contributed by atoms with Gasteiger partial charge in [0.25, 0.3) is 0 Å². The molecule has 0 aliphatic carbocycles. The molecule has 0 amide bonds. The second-order valence-electron chi connectivity index (χ2n) is 4.60. The van der Waals surface area contributed by atoms with Gasteiger partial charge in [-0.3, -0.25) is 0 Å². The van der Waals surface area contributed by atoms with Crippen LogP contribution in [-0.2, 0) is 13.0 Å². The van der Waals surface area contributed by atoms with Gasteiger partial charge in [0.2, 0.25) is 0 Å². The molecular formula is C14H26N4. The molecule has 0 aliphatic heterocycles. The van der Waals surface area contributed by atoms with Crippen molar-refractivity contribution in [1.29, 1.82) is 0 Å². The molecule has 1 aromatic heterocycles. The maximum Gasteiger partial charge on any atom is 0.130 e. The standard InChI is InChI=1S/C14H26N4/c1-6-18(7-2)9-8-14-16-11(3)13(10-15-5)12(4)17-14/h15H,6-10H2,1-5H3. The summed E-state index contributed by atoms with van der Waals surface area (Å²) >= 11 is 0.